The van der Waals surface area contributed by atoms with Gasteiger partial charge in [-0.15, -0.1) is 0 Å². The Kier molecular flexibility index (Phi) is 6.84. The second kappa shape index (κ2) is 9.31. The van der Waals surface area contributed by atoms with Gasteiger partial charge in [-0.2, -0.15) is 0 Å². The van der Waals surface area contributed by atoms with Gasteiger partial charge >= 0.3 is 6.09 Å². The molecular weight excluding hydrogens is 339 g/mol. The van der Waals surface area contributed by atoms with Gasteiger partial charge in [-0.25, -0.2) is 9.18 Å². The summed E-state index contributed by atoms with van der Waals surface area (Å²) in [6, 6.07) is 11.5. The number of nitrogens with one attached hydrogen (secondary N) is 1. The summed E-state index contributed by atoms with van der Waals surface area (Å²) in [7, 11) is 0. The van der Waals surface area contributed by atoms with Crippen LogP contribution < -0.4 is 5.32 Å². The van der Waals surface area contributed by atoms with E-state index in [-0.39, 0.29) is 12.3 Å². The van der Waals surface area contributed by atoms with Crippen LogP contribution in [0.5, 0.6) is 0 Å². The van der Waals surface area contributed by atoms with Gasteiger partial charge in [-0.1, -0.05) is 42.5 Å². The third kappa shape index (κ3) is 5.70. The molecule has 136 valence electrons. The van der Waals surface area contributed by atoms with Crippen LogP contribution in [0.4, 0.5) is 14.9 Å². The molecule has 0 spiro atoms. The maximum absolute atomic E-state index is 13.5. The Balaban J connectivity index is 1.79. The number of hydrogen-bond donors (Lipinski definition) is 1. The molecule has 0 aliphatic rings. The zero-order valence-corrected chi connectivity index (χ0v) is 14.3. The normalized spacial score (nSPS) is 10.7. The lowest BCUT2D eigenvalue weighted by Gasteiger charge is -2.06. The molecule has 0 aromatic heterocycles. The van der Waals surface area contributed by atoms with Crippen molar-refractivity contribution in [1.29, 1.82) is 0 Å². The van der Waals surface area contributed by atoms with E-state index in [1.807, 2.05) is 30.3 Å². The second-order valence-electron chi connectivity index (χ2n) is 5.58. The SMILES string of the molecule is Cc1c(C=CCCNC(=O)OCc2ccccc2)cc(F)cc1[N+](=O)[O-]. The van der Waals surface area contributed by atoms with Gasteiger partial charge < -0.3 is 10.1 Å². The van der Waals surface area contributed by atoms with Crippen molar-refractivity contribution in [3.8, 4) is 0 Å². The van der Waals surface area contributed by atoms with Crippen molar-refractivity contribution in [1.82, 2.24) is 5.32 Å². The highest BCUT2D eigenvalue weighted by Gasteiger charge is 2.14. The minimum absolute atomic E-state index is 0.189. The predicted octanol–water partition coefficient (Wildman–Crippen LogP) is 4.37. The third-order valence-electron chi connectivity index (χ3n) is 3.67. The molecule has 0 radical (unpaired) electrons. The van der Waals surface area contributed by atoms with Crippen molar-refractivity contribution in [3.63, 3.8) is 0 Å². The molecular formula is C19H19FN2O4. The molecule has 1 N–H and O–H groups in total. The van der Waals surface area contributed by atoms with Crippen molar-refractivity contribution in [3.05, 3.63) is 81.2 Å². The molecule has 0 fully saturated rings. The van der Waals surface area contributed by atoms with Crippen molar-refractivity contribution in [2.75, 3.05) is 6.54 Å². The Bertz CT molecular complexity index is 807. The first kappa shape index (κ1) is 19.1. The van der Waals surface area contributed by atoms with Gasteiger partial charge in [-0.05, 0) is 30.5 Å². The van der Waals surface area contributed by atoms with E-state index in [1.165, 1.54) is 6.07 Å². The Morgan fingerprint density at radius 2 is 2.04 bits per heavy atom. The Hall–Kier alpha value is -3.22. The monoisotopic (exact) mass is 358 g/mol. The fourth-order valence-corrected chi connectivity index (χ4v) is 2.29. The molecule has 2 aromatic rings. The Morgan fingerprint density at radius 3 is 2.73 bits per heavy atom. The fourth-order valence-electron chi connectivity index (χ4n) is 2.29. The van der Waals surface area contributed by atoms with Crippen LogP contribution in [-0.4, -0.2) is 17.6 Å². The number of alkyl carbamates (subject to hydrolysis) is 1. The third-order valence-corrected chi connectivity index (χ3v) is 3.67. The summed E-state index contributed by atoms with van der Waals surface area (Å²) in [6.07, 6.45) is 3.26. The number of hydrogen-bond acceptors (Lipinski definition) is 4. The first-order valence-electron chi connectivity index (χ1n) is 8.03. The number of halogens is 1. The van der Waals surface area contributed by atoms with Gasteiger partial charge in [0, 0.05) is 12.1 Å². The van der Waals surface area contributed by atoms with Crippen LogP contribution in [0.1, 0.15) is 23.1 Å². The molecule has 0 unspecified atom stereocenters. The lowest BCUT2D eigenvalue weighted by atomic mass is 10.1. The first-order valence-corrected chi connectivity index (χ1v) is 8.03. The summed E-state index contributed by atoms with van der Waals surface area (Å²) in [5.41, 5.74) is 1.46. The molecule has 2 aromatic carbocycles. The van der Waals surface area contributed by atoms with Crippen LogP contribution in [0, 0.1) is 22.9 Å². The van der Waals surface area contributed by atoms with E-state index in [9.17, 15) is 19.3 Å². The zero-order valence-electron chi connectivity index (χ0n) is 14.3. The van der Waals surface area contributed by atoms with E-state index in [1.54, 1.807) is 19.1 Å². The van der Waals surface area contributed by atoms with Crippen LogP contribution in [0.15, 0.2) is 48.5 Å². The van der Waals surface area contributed by atoms with Crippen LogP contribution in [-0.2, 0) is 11.3 Å². The molecule has 1 amide bonds. The van der Waals surface area contributed by atoms with Crippen molar-refractivity contribution in [2.24, 2.45) is 0 Å². The molecule has 0 saturated carbocycles. The van der Waals surface area contributed by atoms with E-state index in [2.05, 4.69) is 5.32 Å². The predicted molar refractivity (Wildman–Crippen MR) is 96.1 cm³/mol. The molecule has 26 heavy (non-hydrogen) atoms. The number of ether oxygens (including phenoxy) is 1. The first-order chi connectivity index (χ1) is 12.5. The smallest absolute Gasteiger partial charge is 0.407 e. The largest absolute Gasteiger partial charge is 0.445 e. The van der Waals surface area contributed by atoms with E-state index in [4.69, 9.17) is 4.74 Å². The van der Waals surface area contributed by atoms with E-state index < -0.39 is 16.8 Å². The standard InChI is InChI=1S/C19H19FN2O4/c1-14-16(11-17(20)12-18(14)22(24)25)9-5-6-10-21-19(23)26-13-15-7-3-2-4-8-15/h2-5,7-9,11-12H,6,10,13H2,1H3,(H,21,23). The van der Waals surface area contributed by atoms with E-state index in [0.29, 0.717) is 24.1 Å². The van der Waals surface area contributed by atoms with Crippen molar-refractivity contribution in [2.45, 2.75) is 20.0 Å². The van der Waals surface area contributed by atoms with E-state index >= 15 is 0 Å². The minimum Gasteiger partial charge on any atom is -0.445 e. The van der Waals surface area contributed by atoms with Gasteiger partial charge in [0.1, 0.15) is 12.4 Å². The highest BCUT2D eigenvalue weighted by molar-refractivity contribution is 5.67. The molecule has 2 rings (SSSR count). The average Bonchev–Trinajstić information content (AvgIpc) is 2.62. The molecule has 0 bridgehead atoms. The summed E-state index contributed by atoms with van der Waals surface area (Å²) in [6.45, 7) is 2.09. The Labute approximate surface area is 150 Å². The highest BCUT2D eigenvalue weighted by Crippen LogP contribution is 2.24. The van der Waals surface area contributed by atoms with Crippen LogP contribution >= 0.6 is 0 Å². The maximum atomic E-state index is 13.5. The summed E-state index contributed by atoms with van der Waals surface area (Å²) in [4.78, 5) is 21.9. The topological polar surface area (TPSA) is 81.5 Å². The van der Waals surface area contributed by atoms with Gasteiger partial charge in [0.2, 0.25) is 0 Å². The lowest BCUT2D eigenvalue weighted by Crippen LogP contribution is -2.24. The van der Waals surface area contributed by atoms with Gasteiger partial charge in [0.05, 0.1) is 11.0 Å². The minimum atomic E-state index is -0.662. The van der Waals surface area contributed by atoms with Gasteiger partial charge in [0.25, 0.3) is 5.69 Å². The number of carbonyl (C=O) groups is 1. The lowest BCUT2D eigenvalue weighted by molar-refractivity contribution is -0.385. The molecule has 0 heterocycles. The van der Waals surface area contributed by atoms with Crippen molar-refractivity contribution >= 4 is 17.9 Å². The number of nitrogens with zero attached hydrogens (tertiary/aromatic N) is 1. The van der Waals surface area contributed by atoms with Gasteiger partial charge in [-0.3, -0.25) is 10.1 Å². The van der Waals surface area contributed by atoms with Crippen molar-refractivity contribution < 1.29 is 18.8 Å². The number of nitro groups is 1. The number of nitro benzene ring substituents is 1. The average molecular weight is 358 g/mol. The fraction of sp³-hybridized carbons (Fsp3) is 0.211. The van der Waals surface area contributed by atoms with Gasteiger partial charge in [0.15, 0.2) is 0 Å². The molecule has 0 aliphatic carbocycles. The van der Waals surface area contributed by atoms with Crippen LogP contribution in [0.3, 0.4) is 0 Å². The molecule has 0 saturated heterocycles. The van der Waals surface area contributed by atoms with Crippen LogP contribution in [0.2, 0.25) is 0 Å². The number of benzene rings is 2. The quantitative estimate of drug-likeness (QED) is 0.453. The van der Waals surface area contributed by atoms with Crippen LogP contribution in [0.25, 0.3) is 6.08 Å². The summed E-state index contributed by atoms with van der Waals surface area (Å²) in [5.74, 6) is -0.662. The summed E-state index contributed by atoms with van der Waals surface area (Å²) < 4.78 is 18.5. The number of amides is 1. The zero-order chi connectivity index (χ0) is 18.9. The number of rotatable bonds is 7. The Morgan fingerprint density at radius 1 is 1.31 bits per heavy atom. The molecule has 7 heteroatoms. The summed E-state index contributed by atoms with van der Waals surface area (Å²) >= 11 is 0. The maximum Gasteiger partial charge on any atom is 0.407 e. The number of carbonyl (C=O) groups excluding carboxylic acids is 1. The van der Waals surface area contributed by atoms with E-state index in [0.717, 1.165) is 11.6 Å². The molecule has 6 nitrogen and oxygen atoms in total. The molecule has 0 aliphatic heterocycles. The second-order valence-corrected chi connectivity index (χ2v) is 5.58. The molecule has 0 atom stereocenters. The summed E-state index contributed by atoms with van der Waals surface area (Å²) in [5, 5.41) is 13.5. The highest BCUT2D eigenvalue weighted by atomic mass is 19.1.